The van der Waals surface area contributed by atoms with Crippen molar-refractivity contribution in [2.75, 3.05) is 19.6 Å². The minimum Gasteiger partial charge on any atom is -0.491 e. The van der Waals surface area contributed by atoms with E-state index in [0.29, 0.717) is 24.8 Å². The Hall–Kier alpha value is -2.71. The Balaban J connectivity index is 1.20. The van der Waals surface area contributed by atoms with Crippen LogP contribution in [0.25, 0.3) is 10.7 Å². The first-order chi connectivity index (χ1) is 16.1. The van der Waals surface area contributed by atoms with Crippen molar-refractivity contribution in [3.63, 3.8) is 0 Å². The molecule has 7 nitrogen and oxygen atoms in total. The number of aryl methyl sites for hydroxylation is 1. The number of aromatic nitrogens is 2. The molecule has 4 rings (SSSR count). The molecule has 1 unspecified atom stereocenters. The van der Waals surface area contributed by atoms with Crippen LogP contribution in [-0.4, -0.2) is 46.7 Å². The van der Waals surface area contributed by atoms with Crippen LogP contribution in [0.5, 0.6) is 5.75 Å². The van der Waals surface area contributed by atoms with Crippen molar-refractivity contribution >= 4 is 17.2 Å². The second-order valence-corrected chi connectivity index (χ2v) is 9.72. The Morgan fingerprint density at radius 2 is 2.24 bits per heavy atom. The van der Waals surface area contributed by atoms with Gasteiger partial charge in [0.25, 0.3) is 0 Å². The number of carbonyl (C=O) groups is 1. The summed E-state index contributed by atoms with van der Waals surface area (Å²) in [5.41, 5.74) is 1.23. The molecule has 0 bridgehead atoms. The molecule has 1 N–H and O–H groups in total. The normalized spacial score (nSPS) is 16.8. The van der Waals surface area contributed by atoms with Crippen LogP contribution in [0.4, 0.5) is 0 Å². The molecule has 1 aliphatic rings. The number of thiophene rings is 1. The summed E-state index contributed by atoms with van der Waals surface area (Å²) in [6.07, 6.45) is 3.89. The number of hydrogen-bond donors (Lipinski definition) is 1. The molecule has 1 atom stereocenters. The number of nitrogens with one attached hydrogen (secondary N) is 1. The van der Waals surface area contributed by atoms with Gasteiger partial charge in [0, 0.05) is 13.1 Å². The molecule has 33 heavy (non-hydrogen) atoms. The molecule has 0 saturated carbocycles. The summed E-state index contributed by atoms with van der Waals surface area (Å²) >= 11 is 1.59. The summed E-state index contributed by atoms with van der Waals surface area (Å²) in [6, 6.07) is 12.2. The van der Waals surface area contributed by atoms with E-state index in [2.05, 4.69) is 32.5 Å². The molecule has 8 heteroatoms. The van der Waals surface area contributed by atoms with Crippen molar-refractivity contribution in [3.8, 4) is 16.5 Å². The standard InChI is InChI=1S/C25H32N4O3S/c1-18(2)31-21-10-3-7-19(15-21)8-4-12-26-25(30)20-9-5-13-29(16-20)17-23-27-24(28-32-23)22-11-6-14-33-22/h3,6-7,10-11,14-15,18,20H,4-5,8-9,12-13,16-17H2,1-2H3,(H,26,30). The van der Waals surface area contributed by atoms with Crippen LogP contribution in [0.1, 0.15) is 44.6 Å². The fourth-order valence-electron chi connectivity index (χ4n) is 4.12. The fourth-order valence-corrected chi connectivity index (χ4v) is 4.77. The molecule has 1 saturated heterocycles. The molecule has 176 valence electrons. The first-order valence-corrected chi connectivity index (χ1v) is 12.6. The maximum Gasteiger partial charge on any atom is 0.241 e. The second kappa shape index (κ2) is 11.4. The van der Waals surface area contributed by atoms with Gasteiger partial charge in [0.2, 0.25) is 17.6 Å². The van der Waals surface area contributed by atoms with Gasteiger partial charge < -0.3 is 14.6 Å². The first-order valence-electron chi connectivity index (χ1n) is 11.7. The summed E-state index contributed by atoms with van der Waals surface area (Å²) in [6.45, 7) is 6.97. The molecule has 3 heterocycles. The van der Waals surface area contributed by atoms with Crippen LogP contribution in [-0.2, 0) is 17.8 Å². The highest BCUT2D eigenvalue weighted by Gasteiger charge is 2.26. The van der Waals surface area contributed by atoms with Gasteiger partial charge in [0.1, 0.15) is 5.75 Å². The van der Waals surface area contributed by atoms with Crippen molar-refractivity contribution < 1.29 is 14.1 Å². The molecule has 0 aliphatic carbocycles. The molecular formula is C25H32N4O3S. The Labute approximate surface area is 199 Å². The Bertz CT molecular complexity index is 1020. The van der Waals surface area contributed by atoms with Gasteiger partial charge in [-0.2, -0.15) is 4.98 Å². The summed E-state index contributed by atoms with van der Waals surface area (Å²) in [7, 11) is 0. The highest BCUT2D eigenvalue weighted by molar-refractivity contribution is 7.13. The average Bonchev–Trinajstić information content (AvgIpc) is 3.49. The van der Waals surface area contributed by atoms with Crippen molar-refractivity contribution in [1.82, 2.24) is 20.4 Å². The number of amides is 1. The summed E-state index contributed by atoms with van der Waals surface area (Å²) in [5, 5.41) is 9.21. The number of hydrogen-bond acceptors (Lipinski definition) is 7. The number of benzene rings is 1. The molecule has 3 aromatic rings. The zero-order valence-electron chi connectivity index (χ0n) is 19.3. The molecule has 0 spiro atoms. The predicted octanol–water partition coefficient (Wildman–Crippen LogP) is 4.55. The van der Waals surface area contributed by atoms with E-state index >= 15 is 0 Å². The minimum atomic E-state index is 0.00112. The summed E-state index contributed by atoms with van der Waals surface area (Å²) in [5.74, 6) is 2.27. The van der Waals surface area contributed by atoms with E-state index < -0.39 is 0 Å². The van der Waals surface area contributed by atoms with Crippen LogP contribution in [0, 0.1) is 5.92 Å². The lowest BCUT2D eigenvalue weighted by molar-refractivity contribution is -0.126. The van der Waals surface area contributed by atoms with Crippen molar-refractivity contribution in [2.45, 2.75) is 52.2 Å². The SMILES string of the molecule is CC(C)Oc1cccc(CCCNC(=O)C2CCCN(Cc3nc(-c4cccs4)no3)C2)c1. The van der Waals surface area contributed by atoms with Crippen LogP contribution in [0.2, 0.25) is 0 Å². The highest BCUT2D eigenvalue weighted by Crippen LogP contribution is 2.23. The van der Waals surface area contributed by atoms with E-state index in [-0.39, 0.29) is 17.9 Å². The number of ether oxygens (including phenoxy) is 1. The molecule has 1 aliphatic heterocycles. The largest absolute Gasteiger partial charge is 0.491 e. The van der Waals surface area contributed by atoms with Crippen LogP contribution >= 0.6 is 11.3 Å². The predicted molar refractivity (Wildman–Crippen MR) is 129 cm³/mol. The van der Waals surface area contributed by atoms with Gasteiger partial charge in [0.05, 0.1) is 23.4 Å². The summed E-state index contributed by atoms with van der Waals surface area (Å²) in [4.78, 5) is 20.5. The molecule has 0 radical (unpaired) electrons. The lowest BCUT2D eigenvalue weighted by Crippen LogP contribution is -2.43. The van der Waals surface area contributed by atoms with Gasteiger partial charge in [-0.25, -0.2) is 0 Å². The number of carbonyl (C=O) groups excluding carboxylic acids is 1. The maximum atomic E-state index is 12.7. The van der Waals surface area contributed by atoms with Crippen molar-refractivity contribution in [1.29, 1.82) is 0 Å². The van der Waals surface area contributed by atoms with E-state index in [4.69, 9.17) is 9.26 Å². The van der Waals surface area contributed by atoms with Crippen molar-refractivity contribution in [2.24, 2.45) is 5.92 Å². The Kier molecular flexibility index (Phi) is 8.12. The molecular weight excluding hydrogens is 436 g/mol. The third-order valence-corrected chi connectivity index (χ3v) is 6.52. The molecule has 1 aromatic carbocycles. The smallest absolute Gasteiger partial charge is 0.241 e. The zero-order chi connectivity index (χ0) is 23.0. The van der Waals surface area contributed by atoms with Gasteiger partial charge in [-0.15, -0.1) is 11.3 Å². The van der Waals surface area contributed by atoms with E-state index in [0.717, 1.165) is 49.4 Å². The van der Waals surface area contributed by atoms with Gasteiger partial charge in [0.15, 0.2) is 0 Å². The van der Waals surface area contributed by atoms with Crippen LogP contribution in [0.3, 0.4) is 0 Å². The van der Waals surface area contributed by atoms with E-state index in [9.17, 15) is 4.79 Å². The van der Waals surface area contributed by atoms with Crippen molar-refractivity contribution in [3.05, 3.63) is 53.2 Å². The number of nitrogens with zero attached hydrogens (tertiary/aromatic N) is 3. The van der Waals surface area contributed by atoms with Crippen LogP contribution in [0.15, 0.2) is 46.3 Å². The Morgan fingerprint density at radius 1 is 1.33 bits per heavy atom. The first kappa shape index (κ1) is 23.4. The quantitative estimate of drug-likeness (QED) is 0.440. The topological polar surface area (TPSA) is 80.5 Å². The lowest BCUT2D eigenvalue weighted by Gasteiger charge is -2.30. The Morgan fingerprint density at radius 3 is 3.06 bits per heavy atom. The second-order valence-electron chi connectivity index (χ2n) is 8.77. The monoisotopic (exact) mass is 468 g/mol. The van der Waals surface area contributed by atoms with Gasteiger partial charge in [-0.3, -0.25) is 9.69 Å². The van der Waals surface area contributed by atoms with Gasteiger partial charge in [-0.05, 0) is 75.2 Å². The number of rotatable bonds is 10. The van der Waals surface area contributed by atoms with E-state index in [1.165, 1.54) is 5.56 Å². The number of piperidine rings is 1. The molecule has 1 fully saturated rings. The van der Waals surface area contributed by atoms with E-state index in [1.807, 2.05) is 43.5 Å². The minimum absolute atomic E-state index is 0.00112. The van der Waals surface area contributed by atoms with Gasteiger partial charge in [-0.1, -0.05) is 23.4 Å². The third-order valence-electron chi connectivity index (χ3n) is 5.66. The van der Waals surface area contributed by atoms with E-state index in [1.54, 1.807) is 11.3 Å². The maximum absolute atomic E-state index is 12.7. The molecule has 2 aromatic heterocycles. The number of likely N-dealkylation sites (tertiary alicyclic amines) is 1. The van der Waals surface area contributed by atoms with Crippen LogP contribution < -0.4 is 10.1 Å². The lowest BCUT2D eigenvalue weighted by atomic mass is 9.97. The fraction of sp³-hybridized carbons (Fsp3) is 0.480. The van der Waals surface area contributed by atoms with Gasteiger partial charge >= 0.3 is 0 Å². The molecule has 1 amide bonds. The average molecular weight is 469 g/mol. The third kappa shape index (κ3) is 6.88. The zero-order valence-corrected chi connectivity index (χ0v) is 20.1. The summed E-state index contributed by atoms with van der Waals surface area (Å²) < 4.78 is 11.2. The highest BCUT2D eigenvalue weighted by atomic mass is 32.1.